The number of benzene rings is 2. The fourth-order valence-corrected chi connectivity index (χ4v) is 10.6. The van der Waals surface area contributed by atoms with Gasteiger partial charge in [0, 0.05) is 34.7 Å². The summed E-state index contributed by atoms with van der Waals surface area (Å²) < 4.78 is 70.8. The second-order valence-corrected chi connectivity index (χ2v) is 14.7. The van der Waals surface area contributed by atoms with E-state index < -0.39 is 88.1 Å². The SMILES string of the molecule is OC[C@@H]1[C@H](O)[C@@H](n2cc(-c3cc(F)c(F)c(F)c3)nn2)[C@@H](O)C[SH]1[C@@H](c1ccccc1C1CC1)C1(O)CCC(F)(F)CC1. The van der Waals surface area contributed by atoms with E-state index in [4.69, 9.17) is 0 Å². The maximum absolute atomic E-state index is 14.3. The molecule has 1 aliphatic heterocycles. The van der Waals surface area contributed by atoms with E-state index in [1.807, 2.05) is 24.3 Å². The van der Waals surface area contributed by atoms with E-state index in [1.54, 1.807) is 0 Å². The van der Waals surface area contributed by atoms with Gasteiger partial charge in [-0.15, -0.1) is 5.10 Å². The predicted octanol–water partition coefficient (Wildman–Crippen LogP) is 4.56. The second kappa shape index (κ2) is 11.4. The van der Waals surface area contributed by atoms with E-state index in [2.05, 4.69) is 10.3 Å². The molecule has 43 heavy (non-hydrogen) atoms. The number of aromatic nitrogens is 3. The van der Waals surface area contributed by atoms with Gasteiger partial charge in [-0.1, -0.05) is 29.5 Å². The monoisotopic (exact) mass is 627 g/mol. The Morgan fingerprint density at radius 3 is 2.28 bits per heavy atom. The van der Waals surface area contributed by atoms with Crippen molar-refractivity contribution in [1.29, 1.82) is 0 Å². The lowest BCUT2D eigenvalue weighted by Gasteiger charge is -2.53. The number of alkyl halides is 2. The Morgan fingerprint density at radius 1 is 1.00 bits per heavy atom. The van der Waals surface area contributed by atoms with Crippen molar-refractivity contribution >= 4 is 10.9 Å². The van der Waals surface area contributed by atoms with Gasteiger partial charge in [0.25, 0.3) is 0 Å². The normalized spacial score (nSPS) is 30.2. The van der Waals surface area contributed by atoms with Gasteiger partial charge in [-0.25, -0.2) is 37.5 Å². The molecule has 0 radical (unpaired) electrons. The van der Waals surface area contributed by atoms with Crippen molar-refractivity contribution in [3.05, 3.63) is 71.2 Å². The maximum Gasteiger partial charge on any atom is 0.248 e. The summed E-state index contributed by atoms with van der Waals surface area (Å²) in [5.41, 5.74) is 0.164. The molecule has 2 heterocycles. The van der Waals surface area contributed by atoms with Crippen LogP contribution in [-0.4, -0.2) is 76.8 Å². The predicted molar refractivity (Wildman–Crippen MR) is 151 cm³/mol. The molecule has 1 aromatic heterocycles. The summed E-state index contributed by atoms with van der Waals surface area (Å²) in [4.78, 5) is 0. The van der Waals surface area contributed by atoms with E-state index in [0.29, 0.717) is 0 Å². The Balaban J connectivity index is 1.35. The van der Waals surface area contributed by atoms with Crippen LogP contribution < -0.4 is 0 Å². The minimum atomic E-state index is -2.89. The zero-order valence-electron chi connectivity index (χ0n) is 23.1. The lowest BCUT2D eigenvalue weighted by molar-refractivity contribution is -0.105. The van der Waals surface area contributed by atoms with Crippen molar-refractivity contribution in [2.24, 2.45) is 0 Å². The Kier molecular flexibility index (Phi) is 8.08. The molecule has 2 aliphatic carbocycles. The minimum Gasteiger partial charge on any atom is -0.395 e. The van der Waals surface area contributed by atoms with Gasteiger partial charge in [0.05, 0.1) is 30.6 Å². The summed E-state index contributed by atoms with van der Waals surface area (Å²) in [7, 11) is -1.58. The first-order valence-electron chi connectivity index (χ1n) is 14.4. The van der Waals surface area contributed by atoms with Crippen LogP contribution in [0, 0.1) is 17.5 Å². The highest BCUT2D eigenvalue weighted by molar-refractivity contribution is 8.18. The van der Waals surface area contributed by atoms with Gasteiger partial charge >= 0.3 is 0 Å². The van der Waals surface area contributed by atoms with E-state index in [9.17, 15) is 42.4 Å². The van der Waals surface area contributed by atoms with E-state index >= 15 is 0 Å². The first kappa shape index (κ1) is 30.4. The molecule has 4 N–H and O–H groups in total. The third-order valence-corrected chi connectivity index (χ3v) is 12.8. The average Bonchev–Trinajstić information content (AvgIpc) is 3.70. The largest absolute Gasteiger partial charge is 0.395 e. The van der Waals surface area contributed by atoms with Crippen LogP contribution in [0.25, 0.3) is 11.3 Å². The first-order chi connectivity index (χ1) is 20.4. The summed E-state index contributed by atoms with van der Waals surface area (Å²) in [5.74, 6) is -7.02. The summed E-state index contributed by atoms with van der Waals surface area (Å²) in [6, 6.07) is 7.98. The van der Waals surface area contributed by atoms with Crippen molar-refractivity contribution in [2.75, 3.05) is 12.4 Å². The molecule has 0 spiro atoms. The number of aliphatic hydroxyl groups excluding tert-OH is 3. The van der Waals surface area contributed by atoms with Gasteiger partial charge in [-0.3, -0.25) is 0 Å². The summed E-state index contributed by atoms with van der Waals surface area (Å²) in [6.45, 7) is -0.500. The molecule has 2 aromatic carbocycles. The number of hydrogen-bond donors (Lipinski definition) is 5. The Bertz CT molecular complexity index is 1450. The topological polar surface area (TPSA) is 112 Å². The van der Waals surface area contributed by atoms with Crippen LogP contribution in [-0.2, 0) is 0 Å². The highest BCUT2D eigenvalue weighted by Gasteiger charge is 2.54. The molecular formula is C30H34F5N3O4S. The quantitative estimate of drug-likeness (QED) is 0.149. The molecule has 6 atom stereocenters. The lowest BCUT2D eigenvalue weighted by atomic mass is 9.77. The van der Waals surface area contributed by atoms with Crippen LogP contribution in [0.5, 0.6) is 0 Å². The van der Waals surface area contributed by atoms with Crippen molar-refractivity contribution in [3.8, 4) is 11.3 Å². The Hall–Kier alpha value is -2.58. The van der Waals surface area contributed by atoms with Crippen molar-refractivity contribution in [1.82, 2.24) is 15.0 Å². The fraction of sp³-hybridized carbons (Fsp3) is 0.533. The van der Waals surface area contributed by atoms with Gasteiger partial charge in [-0.05, 0) is 54.9 Å². The summed E-state index contributed by atoms with van der Waals surface area (Å²) in [5, 5.41) is 52.1. The molecule has 234 valence electrons. The second-order valence-electron chi connectivity index (χ2n) is 12.1. The number of aliphatic hydroxyl groups is 4. The van der Waals surface area contributed by atoms with Gasteiger partial charge in [0.2, 0.25) is 5.92 Å². The minimum absolute atomic E-state index is 0.0285. The number of hydrogen-bond acceptors (Lipinski definition) is 6. The third kappa shape index (κ3) is 5.70. The number of nitrogens with zero attached hydrogens (tertiary/aromatic N) is 3. The lowest BCUT2D eigenvalue weighted by Crippen LogP contribution is -2.53. The number of rotatable bonds is 7. The van der Waals surface area contributed by atoms with Crippen LogP contribution in [0.2, 0.25) is 0 Å². The van der Waals surface area contributed by atoms with Crippen LogP contribution in [0.4, 0.5) is 22.0 Å². The Labute approximate surface area is 247 Å². The van der Waals surface area contributed by atoms with E-state index in [1.165, 1.54) is 6.20 Å². The number of thiol groups is 1. The molecule has 6 rings (SSSR count). The average molecular weight is 628 g/mol. The maximum atomic E-state index is 14.3. The standard InChI is InChI=1S/C30H34F5N3O4S/c31-20-11-17(12-21(32)25(20)33)22-13-38(37-36-22)26-23(40)15-43(24(14-39)27(26)41)28(29(42)7-9-30(34,35)10-8-29)19-4-2-1-3-18(19)16-5-6-16/h1-4,11-13,16,23-24,26-28,39-43H,5-10,14-15H2/t23-,24+,26-,27-,28-/m0/s1. The molecule has 3 aliphatic rings. The third-order valence-electron chi connectivity index (χ3n) is 9.24. The van der Waals surface area contributed by atoms with Gasteiger partial charge in [0.15, 0.2) is 17.5 Å². The van der Waals surface area contributed by atoms with Crippen LogP contribution in [0.3, 0.4) is 0 Å². The Morgan fingerprint density at radius 2 is 1.65 bits per heavy atom. The molecule has 0 amide bonds. The zero-order valence-corrected chi connectivity index (χ0v) is 24.0. The summed E-state index contributed by atoms with van der Waals surface area (Å²) >= 11 is 0. The summed E-state index contributed by atoms with van der Waals surface area (Å²) in [6.07, 6.45) is -0.735. The van der Waals surface area contributed by atoms with Crippen molar-refractivity contribution in [3.63, 3.8) is 0 Å². The zero-order chi connectivity index (χ0) is 30.7. The molecular weight excluding hydrogens is 593 g/mol. The van der Waals surface area contributed by atoms with Crippen LogP contribution in [0.1, 0.15) is 66.9 Å². The molecule has 7 nitrogen and oxygen atoms in total. The van der Waals surface area contributed by atoms with Gasteiger partial charge < -0.3 is 20.4 Å². The fourth-order valence-electron chi connectivity index (χ4n) is 6.84. The van der Waals surface area contributed by atoms with Crippen molar-refractivity contribution < 1.29 is 42.4 Å². The molecule has 3 aromatic rings. The molecule has 1 saturated heterocycles. The highest BCUT2D eigenvalue weighted by atomic mass is 32.2. The molecule has 0 bridgehead atoms. The molecule has 13 heteroatoms. The molecule has 2 saturated carbocycles. The van der Waals surface area contributed by atoms with Gasteiger partial charge in [0.1, 0.15) is 11.7 Å². The van der Waals surface area contributed by atoms with E-state index in [0.717, 1.165) is 40.8 Å². The first-order valence-corrected chi connectivity index (χ1v) is 16.1. The van der Waals surface area contributed by atoms with E-state index in [-0.39, 0.29) is 35.8 Å². The molecule has 1 unspecified atom stereocenters. The highest BCUT2D eigenvalue weighted by Crippen LogP contribution is 2.62. The van der Waals surface area contributed by atoms with Crippen LogP contribution in [0.15, 0.2) is 42.6 Å². The van der Waals surface area contributed by atoms with Crippen molar-refractivity contribution in [2.45, 2.75) is 84.7 Å². The smallest absolute Gasteiger partial charge is 0.248 e. The van der Waals surface area contributed by atoms with Gasteiger partial charge in [-0.2, -0.15) is 0 Å². The van der Waals surface area contributed by atoms with Crippen LogP contribution >= 0.6 is 10.9 Å². The molecule has 3 fully saturated rings. The number of halogens is 5.